The maximum Gasteiger partial charge on any atom is 0.257 e. The standard InChI is InChI=1S/C8H24N3P3.2C3H9NO.C2H6Cl2NP.10CH4.Cl6N3P3/c1-9-13(5,6)11-14(7,8)10-12(2,3)4;2*1-5-3-2-4;1-5-6(2,3)4;;;;;;;;;;;1-10(2)7-11(3,4)9-12(5,6)8-10/h1-8H3;2*2-4H2,1H3;1-2H3;10*1H4;. The lowest BCUT2D eigenvalue weighted by atomic mass is 10.7. The summed E-state index contributed by atoms with van der Waals surface area (Å²) >= 11 is 44.7. The van der Waals surface area contributed by atoms with Gasteiger partial charge in [-0.2, -0.15) is 13.5 Å². The van der Waals surface area contributed by atoms with Gasteiger partial charge in [-0.15, -0.1) is 0 Å². The molecule has 0 spiro atoms. The van der Waals surface area contributed by atoms with Gasteiger partial charge in [0.05, 0.1) is 27.6 Å². The molecular weight excluding hydrogens is 971 g/mol. The van der Waals surface area contributed by atoms with Crippen LogP contribution in [-0.4, -0.2) is 108 Å². The lowest BCUT2D eigenvalue weighted by Crippen LogP contribution is -2.05. The van der Waals surface area contributed by atoms with Crippen molar-refractivity contribution >= 4 is 135 Å². The third-order valence-electron chi connectivity index (χ3n) is 3.06. The van der Waals surface area contributed by atoms with E-state index in [0.29, 0.717) is 26.3 Å². The Labute approximate surface area is 367 Å². The summed E-state index contributed by atoms with van der Waals surface area (Å²) in [5.74, 6) is -10.6. The summed E-state index contributed by atoms with van der Waals surface area (Å²) in [6.07, 6.45) is 0. The first-order chi connectivity index (χ1) is 18.5. The zero-order valence-corrected chi connectivity index (χ0v) is 38.4. The van der Waals surface area contributed by atoms with Crippen molar-refractivity contribution in [2.24, 2.45) is 43.5 Å². The Kier molecular flexibility index (Phi) is 84.5. The monoisotopic (exact) mass is 1060 g/mol. The number of hydrogen-bond donors (Lipinski definition) is 2. The number of rotatable bonds is 6. The van der Waals surface area contributed by atoms with E-state index in [1.807, 2.05) is 7.05 Å². The van der Waals surface area contributed by atoms with Crippen LogP contribution in [0.1, 0.15) is 74.3 Å². The number of methoxy groups -OCH3 is 2. The quantitative estimate of drug-likeness (QED) is 0.254. The van der Waals surface area contributed by atoms with Crippen LogP contribution in [0.3, 0.4) is 0 Å². The first-order valence-electron chi connectivity index (χ1n) is 11.4. The van der Waals surface area contributed by atoms with Crippen molar-refractivity contribution in [1.82, 2.24) is 0 Å². The van der Waals surface area contributed by atoms with Crippen molar-refractivity contribution in [2.45, 2.75) is 74.3 Å². The Bertz CT molecular complexity index is 1070. The largest absolute Gasteiger partial charge is 0.383 e. The number of nitrogens with zero attached hydrogens (tertiary/aromatic N) is 7. The summed E-state index contributed by atoms with van der Waals surface area (Å²) in [5.41, 5.74) is 10.0. The minimum Gasteiger partial charge on any atom is -0.383 e. The highest BCUT2D eigenvalue weighted by Gasteiger charge is 2.30. The van der Waals surface area contributed by atoms with Gasteiger partial charge in [-0.3, -0.25) is 14.0 Å². The average Bonchev–Trinajstić information content (AvgIpc) is 2.70. The van der Waals surface area contributed by atoms with Gasteiger partial charge >= 0.3 is 0 Å². The van der Waals surface area contributed by atoms with E-state index >= 15 is 0 Å². The van der Waals surface area contributed by atoms with Crippen molar-refractivity contribution in [1.29, 1.82) is 0 Å². The Morgan fingerprint density at radius 3 is 0.846 bits per heavy atom. The van der Waals surface area contributed by atoms with Gasteiger partial charge in [-0.05, 0) is 128 Å². The molecule has 1 heterocycles. The van der Waals surface area contributed by atoms with Crippen molar-refractivity contribution in [3.8, 4) is 0 Å². The predicted octanol–water partition coefficient (Wildman–Crippen LogP) is 20.0. The van der Waals surface area contributed by atoms with Crippen LogP contribution in [0, 0.1) is 0 Å². The molecule has 1 aliphatic rings. The SMILES string of the molecule is C.C.C.C.C.C.C.C.C.C.CN=P(C)(C)N=P(C)(C)N=P(C)(C)C.CN=P(C)(Cl)Cl.COCCN.COCCN.ClP1(Cl)=NP(Cl)(Cl)=NP(Cl)(Cl)=N1. The first kappa shape index (κ1) is 95.9. The minimum atomic E-state index is -2.91. The van der Waals surface area contributed by atoms with Gasteiger partial charge in [0.15, 0.2) is 0 Å². The van der Waals surface area contributed by atoms with E-state index in [4.69, 9.17) is 110 Å². The molecule has 0 saturated heterocycles. The highest BCUT2D eigenvalue weighted by molar-refractivity contribution is 8.26. The van der Waals surface area contributed by atoms with Crippen molar-refractivity contribution in [3.05, 3.63) is 0 Å². The van der Waals surface area contributed by atoms with Crippen LogP contribution >= 0.6 is 135 Å². The molecule has 0 aromatic rings. The maximum absolute atomic E-state index is 5.64. The fourth-order valence-electron chi connectivity index (χ4n) is 1.93. The van der Waals surface area contributed by atoms with Crippen LogP contribution in [0.15, 0.2) is 32.1 Å². The molecule has 1 rings (SSSR count). The molecule has 1 aliphatic heterocycles. The second-order valence-electron chi connectivity index (χ2n) is 9.15. The summed E-state index contributed by atoms with van der Waals surface area (Å²) in [6, 6.07) is 0. The van der Waals surface area contributed by atoms with E-state index in [2.05, 4.69) is 79.2 Å². The smallest absolute Gasteiger partial charge is 0.257 e. The predicted molar refractivity (Wildman–Crippen MR) is 281 cm³/mol. The third-order valence-corrected chi connectivity index (χ3v) is 25.5. The summed E-state index contributed by atoms with van der Waals surface area (Å²) in [5, 5.41) is 0. The fraction of sp³-hybridized carbons (Fsp3) is 1.00. The lowest BCUT2D eigenvalue weighted by molar-refractivity contribution is 0.207. The Balaban J connectivity index is -0.0000000292. The highest BCUT2D eigenvalue weighted by atomic mass is 35.9. The van der Waals surface area contributed by atoms with Gasteiger partial charge in [-0.1, -0.05) is 96.7 Å². The topological polar surface area (TPSA) is 157 Å². The number of hydrogen-bond acceptors (Lipinski definition) is 9. The fourth-order valence-corrected chi connectivity index (χ4v) is 31.1. The molecule has 0 bridgehead atoms. The molecule has 0 unspecified atom stereocenters. The summed E-state index contributed by atoms with van der Waals surface area (Å²) in [4.78, 5) is 0. The van der Waals surface area contributed by atoms with E-state index < -0.39 is 45.0 Å². The molecule has 0 aromatic heterocycles. The number of nitrogens with two attached hydrogens (primary N) is 2. The summed E-state index contributed by atoms with van der Waals surface area (Å²) in [7, 11) is 2.82. The van der Waals surface area contributed by atoms with Crippen LogP contribution in [-0.2, 0) is 9.47 Å². The van der Waals surface area contributed by atoms with Gasteiger partial charge in [0.25, 0.3) is 17.7 Å². The van der Waals surface area contributed by atoms with E-state index in [9.17, 15) is 0 Å². The van der Waals surface area contributed by atoms with Crippen molar-refractivity contribution in [2.75, 3.05) is 108 Å². The van der Waals surface area contributed by atoms with E-state index in [0.717, 1.165) is 0 Å². The summed E-state index contributed by atoms with van der Waals surface area (Å²) in [6.45, 7) is 19.7. The first-order valence-corrected chi connectivity index (χ1v) is 34.2. The van der Waals surface area contributed by atoms with Crippen LogP contribution in [0.5, 0.6) is 0 Å². The zero-order chi connectivity index (χ0) is 34.7. The molecule has 52 heavy (non-hydrogen) atoms. The molecule has 0 radical (unpaired) electrons. The Morgan fingerprint density at radius 2 is 0.731 bits per heavy atom. The van der Waals surface area contributed by atoms with Crippen LogP contribution in [0.25, 0.3) is 0 Å². The second-order valence-corrected chi connectivity index (χ2v) is 41.5. The molecule has 11 nitrogen and oxygen atoms in total. The van der Waals surface area contributed by atoms with E-state index in [-0.39, 0.29) is 74.3 Å². The summed E-state index contributed by atoms with van der Waals surface area (Å²) < 4.78 is 37.9. The normalized spacial score (nSPS) is 13.4. The molecular formula is C26H88Cl8N9O2P7. The molecule has 0 saturated carbocycles. The molecule has 0 fully saturated rings. The number of halogens is 8. The van der Waals surface area contributed by atoms with Crippen molar-refractivity contribution in [3.63, 3.8) is 0 Å². The van der Waals surface area contributed by atoms with Crippen molar-refractivity contribution < 1.29 is 9.47 Å². The maximum atomic E-state index is 5.64. The molecule has 0 aliphatic carbocycles. The van der Waals surface area contributed by atoms with Gasteiger partial charge in [-0.25, -0.2) is 4.52 Å². The Morgan fingerprint density at radius 1 is 0.500 bits per heavy atom. The minimum absolute atomic E-state index is 0. The van der Waals surface area contributed by atoms with Gasteiger partial charge in [0, 0.05) is 41.4 Å². The number of ether oxygens (including phenoxy) is 2. The van der Waals surface area contributed by atoms with Gasteiger partial charge < -0.3 is 20.9 Å². The van der Waals surface area contributed by atoms with Crippen LogP contribution in [0.4, 0.5) is 0 Å². The molecule has 26 heteroatoms. The van der Waals surface area contributed by atoms with E-state index in [1.165, 1.54) is 0 Å². The van der Waals surface area contributed by atoms with Gasteiger partial charge in [0.1, 0.15) is 5.76 Å². The highest BCUT2D eigenvalue weighted by Crippen LogP contribution is 2.87. The van der Waals surface area contributed by atoms with E-state index in [1.54, 1.807) is 27.9 Å². The lowest BCUT2D eigenvalue weighted by Gasteiger charge is -2.18. The van der Waals surface area contributed by atoms with Crippen LogP contribution in [0.2, 0.25) is 0 Å². The molecule has 340 valence electrons. The average molecular weight is 1060 g/mol. The van der Waals surface area contributed by atoms with Crippen LogP contribution < -0.4 is 11.5 Å². The van der Waals surface area contributed by atoms with Gasteiger partial charge in [0.2, 0.25) is 0 Å². The third kappa shape index (κ3) is 78.2. The second kappa shape index (κ2) is 45.8. The molecule has 0 amide bonds. The zero-order valence-electron chi connectivity index (χ0n) is 26.1. The molecule has 0 aromatic carbocycles. The molecule has 0 atom stereocenters. The molecule has 4 N–H and O–H groups in total. The Hall–Kier alpha value is 3.77.